The molecule has 0 aliphatic rings. The number of halogens is 1. The SMILES string of the molecule is Cc1cccn2c(/C=C(\C#N)C(=O)Nc3cccc(Br)c3)c(-c3ccccc3)nc12. The second kappa shape index (κ2) is 8.36. The van der Waals surface area contributed by atoms with Crippen molar-refractivity contribution in [3.63, 3.8) is 0 Å². The number of hydrogen-bond acceptors (Lipinski definition) is 3. The molecule has 0 bridgehead atoms. The minimum atomic E-state index is -0.475. The van der Waals surface area contributed by atoms with Crippen molar-refractivity contribution < 1.29 is 4.79 Å². The predicted octanol–water partition coefficient (Wildman–Crippen LogP) is 5.62. The number of carbonyl (C=O) groups is 1. The predicted molar refractivity (Wildman–Crippen MR) is 122 cm³/mol. The van der Waals surface area contributed by atoms with Gasteiger partial charge in [-0.2, -0.15) is 5.26 Å². The van der Waals surface area contributed by atoms with Crippen LogP contribution in [-0.4, -0.2) is 15.3 Å². The molecule has 0 radical (unpaired) electrons. The van der Waals surface area contributed by atoms with Gasteiger partial charge in [-0.3, -0.25) is 9.20 Å². The first-order chi connectivity index (χ1) is 14.6. The summed E-state index contributed by atoms with van der Waals surface area (Å²) in [4.78, 5) is 17.6. The lowest BCUT2D eigenvalue weighted by atomic mass is 10.1. The van der Waals surface area contributed by atoms with E-state index in [1.54, 1.807) is 18.2 Å². The van der Waals surface area contributed by atoms with E-state index in [0.717, 1.165) is 21.2 Å². The van der Waals surface area contributed by atoms with Crippen molar-refractivity contribution in [3.8, 4) is 17.3 Å². The van der Waals surface area contributed by atoms with Gasteiger partial charge in [0.05, 0.1) is 11.4 Å². The first kappa shape index (κ1) is 19.6. The number of aryl methyl sites for hydroxylation is 1. The number of fused-ring (bicyclic) bond motifs is 1. The van der Waals surface area contributed by atoms with E-state index in [2.05, 4.69) is 21.2 Å². The molecule has 0 aliphatic carbocycles. The summed E-state index contributed by atoms with van der Waals surface area (Å²) in [5, 5.41) is 12.5. The minimum Gasteiger partial charge on any atom is -0.321 e. The molecule has 0 aliphatic heterocycles. The molecule has 2 aromatic heterocycles. The van der Waals surface area contributed by atoms with Gasteiger partial charge in [0.25, 0.3) is 5.91 Å². The van der Waals surface area contributed by atoms with Crippen LogP contribution in [0, 0.1) is 18.3 Å². The molecule has 0 fully saturated rings. The first-order valence-electron chi connectivity index (χ1n) is 9.28. The summed E-state index contributed by atoms with van der Waals surface area (Å²) in [5.41, 5.74) is 4.70. The van der Waals surface area contributed by atoms with Crippen molar-refractivity contribution >= 4 is 39.2 Å². The Morgan fingerprint density at radius 3 is 2.67 bits per heavy atom. The van der Waals surface area contributed by atoms with Gasteiger partial charge in [0.1, 0.15) is 17.3 Å². The number of anilines is 1. The number of amides is 1. The van der Waals surface area contributed by atoms with E-state index >= 15 is 0 Å². The Morgan fingerprint density at radius 2 is 1.93 bits per heavy atom. The van der Waals surface area contributed by atoms with E-state index in [1.165, 1.54) is 0 Å². The minimum absolute atomic E-state index is 0.00420. The molecule has 0 spiro atoms. The van der Waals surface area contributed by atoms with Gasteiger partial charge in [0.2, 0.25) is 0 Å². The number of nitrogens with zero attached hydrogens (tertiary/aromatic N) is 3. The molecule has 6 heteroatoms. The molecular formula is C24H17BrN4O. The van der Waals surface area contributed by atoms with Gasteiger partial charge in [-0.05, 0) is 42.8 Å². The van der Waals surface area contributed by atoms with Crippen LogP contribution in [-0.2, 0) is 4.79 Å². The Kier molecular flexibility index (Phi) is 5.46. The Labute approximate surface area is 182 Å². The first-order valence-corrected chi connectivity index (χ1v) is 10.1. The number of imidazole rings is 1. The number of nitriles is 1. The highest BCUT2D eigenvalue weighted by Gasteiger charge is 2.17. The molecule has 0 unspecified atom stereocenters. The molecular weight excluding hydrogens is 440 g/mol. The highest BCUT2D eigenvalue weighted by atomic mass is 79.9. The molecule has 5 nitrogen and oxygen atoms in total. The molecule has 4 rings (SSSR count). The summed E-state index contributed by atoms with van der Waals surface area (Å²) in [7, 11) is 0. The molecule has 1 amide bonds. The Morgan fingerprint density at radius 1 is 1.13 bits per heavy atom. The maximum Gasteiger partial charge on any atom is 0.266 e. The van der Waals surface area contributed by atoms with Gasteiger partial charge in [0.15, 0.2) is 0 Å². The molecule has 0 saturated carbocycles. The molecule has 30 heavy (non-hydrogen) atoms. The average Bonchev–Trinajstić information content (AvgIpc) is 3.12. The maximum atomic E-state index is 12.8. The summed E-state index contributed by atoms with van der Waals surface area (Å²) in [6.07, 6.45) is 3.48. The molecule has 2 aromatic carbocycles. The van der Waals surface area contributed by atoms with Crippen LogP contribution in [0.3, 0.4) is 0 Å². The lowest BCUT2D eigenvalue weighted by molar-refractivity contribution is -0.112. The molecule has 0 atom stereocenters. The number of carbonyl (C=O) groups excluding carboxylic acids is 1. The molecule has 0 saturated heterocycles. The smallest absolute Gasteiger partial charge is 0.266 e. The summed E-state index contributed by atoms with van der Waals surface area (Å²) in [6, 6.07) is 22.9. The molecule has 1 N–H and O–H groups in total. The largest absolute Gasteiger partial charge is 0.321 e. The zero-order valence-corrected chi connectivity index (χ0v) is 17.7. The number of aromatic nitrogens is 2. The second-order valence-corrected chi connectivity index (χ2v) is 7.65. The van der Waals surface area contributed by atoms with E-state index in [9.17, 15) is 10.1 Å². The van der Waals surface area contributed by atoms with Gasteiger partial charge < -0.3 is 5.32 Å². The van der Waals surface area contributed by atoms with Crippen LogP contribution in [0.25, 0.3) is 23.0 Å². The topological polar surface area (TPSA) is 70.2 Å². The van der Waals surface area contributed by atoms with Crippen molar-refractivity contribution in [1.29, 1.82) is 5.26 Å². The van der Waals surface area contributed by atoms with Crippen LogP contribution < -0.4 is 5.32 Å². The van der Waals surface area contributed by atoms with E-state index in [0.29, 0.717) is 17.1 Å². The van der Waals surface area contributed by atoms with Crippen LogP contribution in [0.15, 0.2) is 83.0 Å². The number of benzene rings is 2. The van der Waals surface area contributed by atoms with Crippen LogP contribution in [0.5, 0.6) is 0 Å². The zero-order valence-electron chi connectivity index (χ0n) is 16.1. The zero-order chi connectivity index (χ0) is 21.1. The fourth-order valence-corrected chi connectivity index (χ4v) is 3.62. The highest BCUT2D eigenvalue weighted by Crippen LogP contribution is 2.28. The van der Waals surface area contributed by atoms with Crippen LogP contribution in [0.1, 0.15) is 11.3 Å². The summed E-state index contributed by atoms with van der Waals surface area (Å²) >= 11 is 3.38. The molecule has 146 valence electrons. The monoisotopic (exact) mass is 456 g/mol. The fraction of sp³-hybridized carbons (Fsp3) is 0.0417. The maximum absolute atomic E-state index is 12.8. The Hall–Kier alpha value is -3.69. The highest BCUT2D eigenvalue weighted by molar-refractivity contribution is 9.10. The third-order valence-corrected chi connectivity index (χ3v) is 5.15. The van der Waals surface area contributed by atoms with Gasteiger partial charge in [-0.25, -0.2) is 4.98 Å². The quantitative estimate of drug-likeness (QED) is 0.320. The standard InChI is InChI=1S/C24H17BrN4O/c1-16-7-6-12-29-21(22(28-23(16)29)17-8-3-2-4-9-17)13-18(15-26)24(30)27-20-11-5-10-19(25)14-20/h2-14H,1H3,(H,27,30)/b18-13+. The summed E-state index contributed by atoms with van der Waals surface area (Å²) < 4.78 is 2.74. The Balaban J connectivity index is 1.83. The van der Waals surface area contributed by atoms with Crippen LogP contribution >= 0.6 is 15.9 Å². The number of nitrogens with one attached hydrogen (secondary N) is 1. The van der Waals surface area contributed by atoms with Crippen molar-refractivity contribution in [2.24, 2.45) is 0 Å². The average molecular weight is 457 g/mol. The molecule has 2 heterocycles. The van der Waals surface area contributed by atoms with Crippen molar-refractivity contribution in [2.45, 2.75) is 6.92 Å². The van der Waals surface area contributed by atoms with Gasteiger partial charge in [0, 0.05) is 21.9 Å². The number of pyridine rings is 1. The number of hydrogen-bond donors (Lipinski definition) is 1. The Bertz CT molecular complexity index is 1320. The summed E-state index contributed by atoms with van der Waals surface area (Å²) in [5.74, 6) is -0.475. The van der Waals surface area contributed by atoms with Crippen molar-refractivity contribution in [3.05, 3.63) is 94.2 Å². The third-order valence-electron chi connectivity index (χ3n) is 4.66. The summed E-state index contributed by atoms with van der Waals surface area (Å²) in [6.45, 7) is 1.98. The van der Waals surface area contributed by atoms with E-state index in [1.807, 2.05) is 78.2 Å². The van der Waals surface area contributed by atoms with Crippen LogP contribution in [0.2, 0.25) is 0 Å². The van der Waals surface area contributed by atoms with Gasteiger partial charge in [-0.15, -0.1) is 0 Å². The van der Waals surface area contributed by atoms with E-state index in [-0.39, 0.29) is 5.57 Å². The lowest BCUT2D eigenvalue weighted by Gasteiger charge is -2.06. The molecule has 4 aromatic rings. The normalized spacial score (nSPS) is 11.3. The van der Waals surface area contributed by atoms with Crippen LogP contribution in [0.4, 0.5) is 5.69 Å². The van der Waals surface area contributed by atoms with Crippen molar-refractivity contribution in [2.75, 3.05) is 5.32 Å². The van der Waals surface area contributed by atoms with E-state index in [4.69, 9.17) is 4.98 Å². The van der Waals surface area contributed by atoms with E-state index < -0.39 is 5.91 Å². The third kappa shape index (κ3) is 3.88. The van der Waals surface area contributed by atoms with Gasteiger partial charge >= 0.3 is 0 Å². The lowest BCUT2D eigenvalue weighted by Crippen LogP contribution is -2.13. The second-order valence-electron chi connectivity index (χ2n) is 6.73. The van der Waals surface area contributed by atoms with Gasteiger partial charge in [-0.1, -0.05) is 58.4 Å². The number of rotatable bonds is 4. The fourth-order valence-electron chi connectivity index (χ4n) is 3.22. The van der Waals surface area contributed by atoms with Crippen molar-refractivity contribution in [1.82, 2.24) is 9.38 Å².